The molecule has 1 heterocycles. The third-order valence-electron chi connectivity index (χ3n) is 4.18. The Morgan fingerprint density at radius 2 is 2.11 bits per heavy atom. The molecule has 18 heavy (non-hydrogen) atoms. The Balaban J connectivity index is 1.77. The van der Waals surface area contributed by atoms with Crippen LogP contribution in [-0.2, 0) is 9.53 Å². The number of hydrogen-bond acceptors (Lipinski definition) is 3. The van der Waals surface area contributed by atoms with Crippen LogP contribution < -0.4 is 10.6 Å². The largest absolute Gasteiger partial charge is 0.375 e. The Morgan fingerprint density at radius 1 is 1.33 bits per heavy atom. The van der Waals surface area contributed by atoms with Crippen molar-refractivity contribution in [3.05, 3.63) is 0 Å². The first kappa shape index (κ1) is 13.8. The summed E-state index contributed by atoms with van der Waals surface area (Å²) in [5.74, 6) is 0.0988. The summed E-state index contributed by atoms with van der Waals surface area (Å²) in [6, 6.07) is 0.444. The Hall–Kier alpha value is -0.610. The fourth-order valence-corrected chi connectivity index (χ4v) is 3.24. The maximum absolute atomic E-state index is 11.4. The number of amides is 1. The van der Waals surface area contributed by atoms with Crippen molar-refractivity contribution in [2.45, 2.75) is 63.5 Å². The van der Waals surface area contributed by atoms with Crippen molar-refractivity contribution < 1.29 is 9.53 Å². The number of rotatable bonds is 4. The quantitative estimate of drug-likeness (QED) is 0.801. The first-order valence-electron chi connectivity index (χ1n) is 7.38. The van der Waals surface area contributed by atoms with Crippen molar-refractivity contribution in [2.24, 2.45) is 0 Å². The van der Waals surface area contributed by atoms with Gasteiger partial charge in [-0.2, -0.15) is 0 Å². The molecule has 104 valence electrons. The molecule has 4 nitrogen and oxygen atoms in total. The molecule has 1 spiro atoms. The van der Waals surface area contributed by atoms with Gasteiger partial charge in [0.2, 0.25) is 5.91 Å². The van der Waals surface area contributed by atoms with Gasteiger partial charge in [0.05, 0.1) is 12.1 Å². The zero-order valence-corrected chi connectivity index (χ0v) is 11.5. The molecule has 1 amide bonds. The molecule has 1 aliphatic carbocycles. The molecule has 1 aliphatic heterocycles. The fourth-order valence-electron chi connectivity index (χ4n) is 3.24. The van der Waals surface area contributed by atoms with E-state index < -0.39 is 0 Å². The van der Waals surface area contributed by atoms with Crippen LogP contribution in [0.3, 0.4) is 0 Å². The van der Waals surface area contributed by atoms with Gasteiger partial charge in [0.25, 0.3) is 0 Å². The van der Waals surface area contributed by atoms with Crippen LogP contribution in [0.25, 0.3) is 0 Å². The summed E-state index contributed by atoms with van der Waals surface area (Å²) >= 11 is 0. The summed E-state index contributed by atoms with van der Waals surface area (Å²) < 4.78 is 6.05. The van der Waals surface area contributed by atoms with Gasteiger partial charge >= 0.3 is 0 Å². The molecule has 4 heteroatoms. The standard InChI is InChI=1S/C14H26N2O2/c1-2-15-13(17)11-16-12-6-9-18-14(10-12)7-4-3-5-8-14/h12,16H,2-11H2,1H3,(H,15,17). The van der Waals surface area contributed by atoms with E-state index in [1.165, 1.54) is 32.1 Å². The molecule has 2 fully saturated rings. The first-order chi connectivity index (χ1) is 8.74. The highest BCUT2D eigenvalue weighted by atomic mass is 16.5. The molecule has 0 aromatic carbocycles. The fraction of sp³-hybridized carbons (Fsp3) is 0.929. The third kappa shape index (κ3) is 3.69. The van der Waals surface area contributed by atoms with E-state index in [4.69, 9.17) is 4.74 Å². The molecule has 0 radical (unpaired) electrons. The maximum Gasteiger partial charge on any atom is 0.233 e. The van der Waals surface area contributed by atoms with E-state index in [9.17, 15) is 4.79 Å². The van der Waals surface area contributed by atoms with Gasteiger partial charge < -0.3 is 15.4 Å². The summed E-state index contributed by atoms with van der Waals surface area (Å²) in [6.07, 6.45) is 8.44. The van der Waals surface area contributed by atoms with Gasteiger partial charge in [0.15, 0.2) is 0 Å². The average Bonchev–Trinajstić information content (AvgIpc) is 2.38. The zero-order valence-electron chi connectivity index (χ0n) is 11.5. The lowest BCUT2D eigenvalue weighted by Gasteiger charge is -2.43. The molecule has 2 rings (SSSR count). The highest BCUT2D eigenvalue weighted by Crippen LogP contribution is 2.38. The van der Waals surface area contributed by atoms with Crippen molar-refractivity contribution in [2.75, 3.05) is 19.7 Å². The van der Waals surface area contributed by atoms with Gasteiger partial charge in [-0.15, -0.1) is 0 Å². The van der Waals surface area contributed by atoms with E-state index in [-0.39, 0.29) is 11.5 Å². The minimum absolute atomic E-state index is 0.0988. The molecule has 1 saturated carbocycles. The smallest absolute Gasteiger partial charge is 0.233 e. The normalized spacial score (nSPS) is 27.1. The Bertz CT molecular complexity index is 269. The van der Waals surface area contributed by atoms with E-state index in [0.717, 1.165) is 19.4 Å². The van der Waals surface area contributed by atoms with Crippen LogP contribution in [0.1, 0.15) is 51.9 Å². The number of likely N-dealkylation sites (N-methyl/N-ethyl adjacent to an activating group) is 1. The van der Waals surface area contributed by atoms with Crippen molar-refractivity contribution in [1.29, 1.82) is 0 Å². The minimum atomic E-state index is 0.0988. The molecular formula is C14H26N2O2. The van der Waals surface area contributed by atoms with Gasteiger partial charge in [-0.25, -0.2) is 0 Å². The second-order valence-corrected chi connectivity index (χ2v) is 5.62. The maximum atomic E-state index is 11.4. The average molecular weight is 254 g/mol. The van der Waals surface area contributed by atoms with Gasteiger partial charge in [-0.1, -0.05) is 19.3 Å². The lowest BCUT2D eigenvalue weighted by atomic mass is 9.78. The predicted octanol–water partition coefficient (Wildman–Crippen LogP) is 1.59. The van der Waals surface area contributed by atoms with Crippen LogP contribution in [0.2, 0.25) is 0 Å². The van der Waals surface area contributed by atoms with Crippen molar-refractivity contribution in [3.63, 3.8) is 0 Å². The molecule has 0 aromatic rings. The van der Waals surface area contributed by atoms with Gasteiger partial charge in [0, 0.05) is 19.2 Å². The summed E-state index contributed by atoms with van der Waals surface area (Å²) in [7, 11) is 0. The number of nitrogens with one attached hydrogen (secondary N) is 2. The number of hydrogen-bond donors (Lipinski definition) is 2. The van der Waals surface area contributed by atoms with E-state index in [2.05, 4.69) is 10.6 Å². The van der Waals surface area contributed by atoms with Crippen molar-refractivity contribution in [1.82, 2.24) is 10.6 Å². The van der Waals surface area contributed by atoms with Crippen LogP contribution in [0.15, 0.2) is 0 Å². The van der Waals surface area contributed by atoms with Crippen molar-refractivity contribution in [3.8, 4) is 0 Å². The minimum Gasteiger partial charge on any atom is -0.375 e. The van der Waals surface area contributed by atoms with Crippen LogP contribution in [0, 0.1) is 0 Å². The van der Waals surface area contributed by atoms with E-state index in [1.807, 2.05) is 6.92 Å². The van der Waals surface area contributed by atoms with Gasteiger partial charge in [-0.05, 0) is 32.6 Å². The summed E-state index contributed by atoms with van der Waals surface area (Å²) in [6.45, 7) is 3.93. The van der Waals surface area contributed by atoms with Crippen LogP contribution >= 0.6 is 0 Å². The Kier molecular flexibility index (Phi) is 5.01. The Morgan fingerprint density at radius 3 is 2.83 bits per heavy atom. The Labute approximate surface area is 110 Å². The monoisotopic (exact) mass is 254 g/mol. The molecule has 1 unspecified atom stereocenters. The highest BCUT2D eigenvalue weighted by molar-refractivity contribution is 5.77. The molecule has 0 bridgehead atoms. The molecule has 0 aromatic heterocycles. The SMILES string of the molecule is CCNC(=O)CNC1CCOC2(CCCCC2)C1. The van der Waals surface area contributed by atoms with Crippen LogP contribution in [-0.4, -0.2) is 37.2 Å². The van der Waals surface area contributed by atoms with Crippen LogP contribution in [0.4, 0.5) is 0 Å². The van der Waals surface area contributed by atoms with E-state index >= 15 is 0 Å². The van der Waals surface area contributed by atoms with Crippen molar-refractivity contribution >= 4 is 5.91 Å². The van der Waals surface area contributed by atoms with Gasteiger partial charge in [-0.3, -0.25) is 4.79 Å². The second-order valence-electron chi connectivity index (χ2n) is 5.62. The lowest BCUT2D eigenvalue weighted by Crippen LogP contribution is -2.49. The lowest BCUT2D eigenvalue weighted by molar-refractivity contribution is -0.122. The second kappa shape index (κ2) is 6.53. The number of carbonyl (C=O) groups excluding carboxylic acids is 1. The highest BCUT2D eigenvalue weighted by Gasteiger charge is 2.38. The summed E-state index contributed by atoms with van der Waals surface area (Å²) in [4.78, 5) is 11.4. The van der Waals surface area contributed by atoms with E-state index in [0.29, 0.717) is 19.1 Å². The molecule has 1 saturated heterocycles. The first-order valence-corrected chi connectivity index (χ1v) is 7.38. The third-order valence-corrected chi connectivity index (χ3v) is 4.18. The van der Waals surface area contributed by atoms with E-state index in [1.54, 1.807) is 0 Å². The molecule has 2 aliphatic rings. The summed E-state index contributed by atoms with van der Waals surface area (Å²) in [5, 5.41) is 6.21. The number of ether oxygens (including phenoxy) is 1. The van der Waals surface area contributed by atoms with Gasteiger partial charge in [0.1, 0.15) is 0 Å². The predicted molar refractivity (Wildman–Crippen MR) is 71.5 cm³/mol. The molecule has 1 atom stereocenters. The van der Waals surface area contributed by atoms with Crippen LogP contribution in [0.5, 0.6) is 0 Å². The zero-order chi connectivity index (χ0) is 12.8. The summed E-state index contributed by atoms with van der Waals surface area (Å²) in [5.41, 5.74) is 0.120. The topological polar surface area (TPSA) is 50.4 Å². The number of carbonyl (C=O) groups is 1. The molecular weight excluding hydrogens is 228 g/mol. The molecule has 2 N–H and O–H groups in total.